The summed E-state index contributed by atoms with van der Waals surface area (Å²) in [6.07, 6.45) is -1.07. The quantitative estimate of drug-likeness (QED) is 0.242. The van der Waals surface area contributed by atoms with Gasteiger partial charge in [-0.2, -0.15) is 13.2 Å². The number of nitrogens with zero attached hydrogens (tertiary/aromatic N) is 3. The highest BCUT2D eigenvalue weighted by Gasteiger charge is 2.64. The second-order valence-electron chi connectivity index (χ2n) is 17.2. The van der Waals surface area contributed by atoms with Crippen LogP contribution in [0.2, 0.25) is 0 Å². The van der Waals surface area contributed by atoms with Gasteiger partial charge in [-0.3, -0.25) is 24.0 Å². The molecule has 2 aliphatic carbocycles. The lowest BCUT2D eigenvalue weighted by molar-refractivity contribution is -0.222. The number of carbonyl (C=O) groups excluding carboxylic acids is 3. The summed E-state index contributed by atoms with van der Waals surface area (Å²) in [4.78, 5) is 62.4. The van der Waals surface area contributed by atoms with Crippen molar-refractivity contribution in [3.63, 3.8) is 0 Å². The van der Waals surface area contributed by atoms with E-state index < -0.39 is 85.9 Å². The number of hydrogen-bond donors (Lipinski definition) is 3. The number of ether oxygens (including phenoxy) is 2. The predicted molar refractivity (Wildman–Crippen MR) is 211 cm³/mol. The maximum absolute atomic E-state index is 15.1. The highest BCUT2D eigenvalue weighted by molar-refractivity contribution is 7.91. The summed E-state index contributed by atoms with van der Waals surface area (Å²) in [5.41, 5.74) is -4.74. The number of halogens is 3. The first-order valence-corrected chi connectivity index (χ1v) is 21.7. The molecule has 0 radical (unpaired) electrons. The van der Waals surface area contributed by atoms with Gasteiger partial charge in [0.05, 0.1) is 17.9 Å². The minimum atomic E-state index is -5.09. The van der Waals surface area contributed by atoms with Crippen molar-refractivity contribution in [3.8, 4) is 11.6 Å². The monoisotopic (exact) mass is 849 g/mol. The number of allylic oxidation sites excluding steroid dienone is 1. The Morgan fingerprint density at radius 1 is 1.14 bits per heavy atom. The second-order valence-corrected chi connectivity index (χ2v) is 19.4. The summed E-state index contributed by atoms with van der Waals surface area (Å²) in [6.45, 7) is 8.43. The van der Waals surface area contributed by atoms with Crippen molar-refractivity contribution in [2.75, 3.05) is 13.2 Å². The highest BCUT2D eigenvalue weighted by Crippen LogP contribution is 2.48. The van der Waals surface area contributed by atoms with Crippen LogP contribution in [0.1, 0.15) is 92.9 Å². The average Bonchev–Trinajstić information content (AvgIpc) is 4.03. The molecule has 18 heteroatoms. The van der Waals surface area contributed by atoms with E-state index in [2.05, 4.69) is 15.0 Å². The number of sulfonamides is 1. The van der Waals surface area contributed by atoms with Gasteiger partial charge in [0, 0.05) is 23.9 Å². The number of carboxylic acid groups (broad SMARTS) is 1. The first-order chi connectivity index (χ1) is 27.6. The van der Waals surface area contributed by atoms with E-state index in [-0.39, 0.29) is 48.9 Å². The largest absolute Gasteiger partial charge is 0.494 e. The van der Waals surface area contributed by atoms with E-state index in [0.29, 0.717) is 62.7 Å². The lowest BCUT2D eigenvalue weighted by Crippen LogP contribution is -2.66. The minimum Gasteiger partial charge on any atom is -0.494 e. The number of alkyl halides is 3. The van der Waals surface area contributed by atoms with Crippen LogP contribution in [0.25, 0.3) is 10.8 Å². The van der Waals surface area contributed by atoms with Gasteiger partial charge in [0.15, 0.2) is 0 Å². The Kier molecular flexibility index (Phi) is 12.0. The van der Waals surface area contributed by atoms with Gasteiger partial charge in [-0.15, -0.1) is 0 Å². The van der Waals surface area contributed by atoms with E-state index in [1.807, 2.05) is 19.9 Å². The minimum absolute atomic E-state index is 0.0558. The molecule has 0 bridgehead atoms. The van der Waals surface area contributed by atoms with Crippen LogP contribution in [-0.4, -0.2) is 105 Å². The molecular weight excluding hydrogens is 796 g/mol. The van der Waals surface area contributed by atoms with E-state index in [1.54, 1.807) is 37.3 Å². The molecule has 59 heavy (non-hydrogen) atoms. The zero-order valence-corrected chi connectivity index (χ0v) is 35.0. The number of fused-ring (bicyclic) bond motifs is 3. The number of benzene rings is 1. The van der Waals surface area contributed by atoms with Gasteiger partial charge in [0.25, 0.3) is 5.91 Å². The van der Waals surface area contributed by atoms with Crippen molar-refractivity contribution in [1.29, 1.82) is 0 Å². The molecule has 4 amide bonds. The Balaban J connectivity index is 1.43. The smallest absolute Gasteiger partial charge is 0.411 e. The first kappa shape index (κ1) is 44.0. The van der Waals surface area contributed by atoms with Crippen LogP contribution in [0.15, 0.2) is 42.6 Å². The van der Waals surface area contributed by atoms with Gasteiger partial charge in [-0.1, -0.05) is 32.4 Å². The standard InChI is InChI=1S/C41H54F3N5O9S/c1-7-25-19-24(3)11-9-10-12-27-22-40(27,36(52)47-59(55,56)39(6)16-17-39)46-33(50)31-21-29(58-34-30-14-13-28(57-8-2)20-26(30)15-18-45-34)23-48(31)35(51)32(25)49(37(53)54)38(4,5)41(42,43)44/h10,12-15,18,20,24-25,27,29,31-32H,7-9,11,16-17,19,21-23H2,1-6H3,(H,46,50)(H,47,52)(H,53,54)/b12-10-/t24-,25+,27+,29+,31-,32-,40+/m0/s1. The molecule has 324 valence electrons. The van der Waals surface area contributed by atoms with Crippen molar-refractivity contribution in [1.82, 2.24) is 24.8 Å². The van der Waals surface area contributed by atoms with Gasteiger partial charge < -0.3 is 24.8 Å². The zero-order chi connectivity index (χ0) is 43.3. The predicted octanol–water partition coefficient (Wildman–Crippen LogP) is 5.95. The lowest BCUT2D eigenvalue weighted by Gasteiger charge is -2.46. The molecule has 6 rings (SSSR count). The van der Waals surface area contributed by atoms with Crippen molar-refractivity contribution >= 4 is 44.6 Å². The number of rotatable bonds is 10. The molecule has 3 fully saturated rings. The van der Waals surface area contributed by atoms with E-state index in [0.717, 1.165) is 4.90 Å². The third-order valence-corrected chi connectivity index (χ3v) is 14.8. The zero-order valence-electron chi connectivity index (χ0n) is 34.2. The Labute approximate surface area is 342 Å². The van der Waals surface area contributed by atoms with E-state index >= 15 is 4.79 Å². The van der Waals surface area contributed by atoms with Gasteiger partial charge >= 0.3 is 12.3 Å². The number of nitrogens with one attached hydrogen (secondary N) is 2. The summed E-state index contributed by atoms with van der Waals surface area (Å²) in [6, 6.07) is 3.65. The molecule has 2 aliphatic heterocycles. The fourth-order valence-electron chi connectivity index (χ4n) is 8.41. The topological polar surface area (TPSA) is 185 Å². The molecule has 0 spiro atoms. The summed E-state index contributed by atoms with van der Waals surface area (Å²) in [5.74, 6) is -3.75. The molecule has 0 unspecified atom stereocenters. The Morgan fingerprint density at radius 3 is 2.47 bits per heavy atom. The summed E-state index contributed by atoms with van der Waals surface area (Å²) >= 11 is 0. The molecule has 2 aromatic rings. The average molecular weight is 850 g/mol. The molecule has 1 aromatic heterocycles. The van der Waals surface area contributed by atoms with Gasteiger partial charge in [-0.05, 0) is 108 Å². The van der Waals surface area contributed by atoms with Crippen LogP contribution >= 0.6 is 0 Å². The Bertz CT molecular complexity index is 2110. The van der Waals surface area contributed by atoms with Crippen molar-refractivity contribution < 1.29 is 55.3 Å². The molecular formula is C41H54F3N5O9S. The first-order valence-electron chi connectivity index (χ1n) is 20.2. The summed E-state index contributed by atoms with van der Waals surface area (Å²) < 4.78 is 83.9. The SMILES string of the molecule is CCOc1ccc2c(O[C@@H]3C[C@H]4C(=O)N[C@]5(C(=O)NS(=O)(=O)C6(C)CC6)C[C@H]5/C=C\CC[C@H](C)C[C@@H](CC)[C@H](N(C(=O)O)C(C)(C)C(F)(F)F)C(=O)N4C3)nccc2c1. The molecule has 7 atom stereocenters. The van der Waals surface area contributed by atoms with Gasteiger partial charge in [0.1, 0.15) is 35.0 Å². The fourth-order valence-corrected chi connectivity index (χ4v) is 9.72. The van der Waals surface area contributed by atoms with Gasteiger partial charge in [0.2, 0.25) is 27.7 Å². The van der Waals surface area contributed by atoms with Crippen LogP contribution < -0.4 is 19.5 Å². The van der Waals surface area contributed by atoms with E-state index in [1.165, 1.54) is 13.1 Å². The third-order valence-electron chi connectivity index (χ3n) is 12.6. The number of amides is 4. The number of hydrogen-bond acceptors (Lipinski definition) is 9. The molecule has 4 aliphatic rings. The fraction of sp³-hybridized carbons (Fsp3) is 0.634. The molecule has 14 nitrogen and oxygen atoms in total. The number of aromatic nitrogens is 1. The van der Waals surface area contributed by atoms with Crippen molar-refractivity contribution in [2.45, 2.75) is 133 Å². The van der Waals surface area contributed by atoms with Crippen LogP contribution in [0, 0.1) is 17.8 Å². The number of carbonyl (C=O) groups is 4. The molecule has 3 heterocycles. The molecule has 1 aromatic carbocycles. The molecule has 2 saturated carbocycles. The summed E-state index contributed by atoms with van der Waals surface area (Å²) in [7, 11) is -4.12. The van der Waals surface area contributed by atoms with Crippen LogP contribution in [-0.2, 0) is 24.4 Å². The maximum Gasteiger partial charge on any atom is 0.411 e. The summed E-state index contributed by atoms with van der Waals surface area (Å²) in [5, 5.41) is 14.6. The van der Waals surface area contributed by atoms with Crippen LogP contribution in [0.3, 0.4) is 0 Å². The van der Waals surface area contributed by atoms with E-state index in [9.17, 15) is 41.1 Å². The maximum atomic E-state index is 15.1. The Morgan fingerprint density at radius 2 is 1.85 bits per heavy atom. The van der Waals surface area contributed by atoms with Crippen molar-refractivity contribution in [2.24, 2.45) is 17.8 Å². The van der Waals surface area contributed by atoms with Crippen molar-refractivity contribution in [3.05, 3.63) is 42.6 Å². The molecule has 3 N–H and O–H groups in total. The second kappa shape index (κ2) is 16.1. The number of pyridine rings is 1. The normalized spacial score (nSPS) is 29.2. The van der Waals surface area contributed by atoms with Gasteiger partial charge in [-0.25, -0.2) is 18.2 Å². The van der Waals surface area contributed by atoms with E-state index in [4.69, 9.17) is 9.47 Å². The third kappa shape index (κ3) is 8.55. The Hall–Kier alpha value is -4.61. The lowest BCUT2D eigenvalue weighted by atomic mass is 9.82. The molecule has 1 saturated heterocycles. The highest BCUT2D eigenvalue weighted by atomic mass is 32.2. The van der Waals surface area contributed by atoms with Crippen LogP contribution in [0.5, 0.6) is 11.6 Å². The van der Waals surface area contributed by atoms with Crippen LogP contribution in [0.4, 0.5) is 18.0 Å².